The Labute approximate surface area is 139 Å². The molecule has 0 fully saturated rings. The Morgan fingerprint density at radius 1 is 0.957 bits per heavy atom. The molecule has 0 bridgehead atoms. The van der Waals surface area contributed by atoms with Gasteiger partial charge in [-0.1, -0.05) is 28.1 Å². The van der Waals surface area contributed by atoms with Crippen molar-refractivity contribution < 1.29 is 0 Å². The quantitative estimate of drug-likeness (QED) is 0.669. The first-order chi connectivity index (χ1) is 11.2. The Kier molecular flexibility index (Phi) is 4.17. The van der Waals surface area contributed by atoms with Gasteiger partial charge in [0.05, 0.1) is 23.0 Å². The van der Waals surface area contributed by atoms with Gasteiger partial charge in [-0.2, -0.15) is 10.4 Å². The molecule has 1 heterocycles. The number of nitrogens with one attached hydrogen (secondary N) is 2. The van der Waals surface area contributed by atoms with E-state index in [1.807, 2.05) is 30.3 Å². The first-order valence-corrected chi connectivity index (χ1v) is 7.45. The average Bonchev–Trinajstić information content (AvgIpc) is 2.95. The number of hydrogen-bond acceptors (Lipinski definition) is 4. The third-order valence-electron chi connectivity index (χ3n) is 3.15. The van der Waals surface area contributed by atoms with Crippen molar-refractivity contribution in [3.63, 3.8) is 0 Å². The maximum absolute atomic E-state index is 11.9. The molecule has 7 heteroatoms. The molecule has 0 aliphatic heterocycles. The molecule has 0 spiro atoms. The van der Waals surface area contributed by atoms with E-state index >= 15 is 0 Å². The van der Waals surface area contributed by atoms with Crippen molar-refractivity contribution in [1.82, 2.24) is 10.2 Å². The monoisotopic (exact) mass is 367 g/mol. The zero-order chi connectivity index (χ0) is 16.2. The summed E-state index contributed by atoms with van der Waals surface area (Å²) in [5.74, 6) is 0. The lowest BCUT2D eigenvalue weighted by Gasteiger charge is -1.99. The largest absolute Gasteiger partial charge is 0.295 e. The van der Waals surface area contributed by atoms with Crippen molar-refractivity contribution in [3.8, 4) is 17.3 Å². The normalized spacial score (nSPS) is 10.8. The molecule has 3 rings (SSSR count). The zero-order valence-electron chi connectivity index (χ0n) is 11.7. The number of nitriles is 1. The summed E-state index contributed by atoms with van der Waals surface area (Å²) in [6.45, 7) is 0. The molecule has 0 amide bonds. The van der Waals surface area contributed by atoms with E-state index in [1.54, 1.807) is 24.3 Å². The Morgan fingerprint density at radius 2 is 1.65 bits per heavy atom. The van der Waals surface area contributed by atoms with Gasteiger partial charge < -0.3 is 0 Å². The van der Waals surface area contributed by atoms with E-state index in [0.717, 1.165) is 10.0 Å². The van der Waals surface area contributed by atoms with Gasteiger partial charge in [0.1, 0.15) is 0 Å². The molecular weight excluding hydrogens is 358 g/mol. The van der Waals surface area contributed by atoms with Crippen LogP contribution in [0.1, 0.15) is 5.56 Å². The molecule has 0 aliphatic rings. The molecule has 112 valence electrons. The minimum Gasteiger partial charge on any atom is -0.295 e. The van der Waals surface area contributed by atoms with E-state index in [4.69, 9.17) is 5.26 Å². The van der Waals surface area contributed by atoms with Gasteiger partial charge in [-0.05, 0) is 36.4 Å². The van der Waals surface area contributed by atoms with Crippen LogP contribution in [-0.2, 0) is 0 Å². The third-order valence-corrected chi connectivity index (χ3v) is 3.68. The predicted molar refractivity (Wildman–Crippen MR) is 89.9 cm³/mol. The highest BCUT2D eigenvalue weighted by Gasteiger charge is 2.11. The third kappa shape index (κ3) is 3.27. The second-order valence-electron chi connectivity index (χ2n) is 4.67. The summed E-state index contributed by atoms with van der Waals surface area (Å²) in [5.41, 5.74) is 2.35. The van der Waals surface area contributed by atoms with Crippen molar-refractivity contribution >= 4 is 27.3 Å². The fraction of sp³-hybridized carbons (Fsp3) is 0. The lowest BCUT2D eigenvalue weighted by molar-refractivity contribution is 1.06. The Bertz CT molecular complexity index is 946. The lowest BCUT2D eigenvalue weighted by atomic mass is 10.1. The standard InChI is InChI=1S/C16H10BrN5O/c17-12-5-3-11(4-6-12)14-15(16(23)22-20-14)21-19-13-7-1-10(9-18)2-8-13/h1-8H,(H2,20,22,23). The minimum atomic E-state index is -0.347. The number of aromatic amines is 2. The average molecular weight is 368 g/mol. The van der Waals surface area contributed by atoms with E-state index in [1.165, 1.54) is 0 Å². The summed E-state index contributed by atoms with van der Waals surface area (Å²) in [6, 6.07) is 16.1. The molecule has 3 aromatic rings. The second-order valence-corrected chi connectivity index (χ2v) is 5.58. The topological polar surface area (TPSA) is 97.2 Å². The van der Waals surface area contributed by atoms with Crippen LogP contribution in [0.2, 0.25) is 0 Å². The molecule has 1 aromatic heterocycles. The maximum Gasteiger partial charge on any atom is 0.292 e. The fourth-order valence-electron chi connectivity index (χ4n) is 1.98. The SMILES string of the molecule is N#Cc1ccc(N=Nc2c(-c3ccc(Br)cc3)[nH][nH]c2=O)cc1. The van der Waals surface area contributed by atoms with E-state index in [-0.39, 0.29) is 11.2 Å². The van der Waals surface area contributed by atoms with Gasteiger partial charge in [0, 0.05) is 10.0 Å². The number of rotatable bonds is 3. The van der Waals surface area contributed by atoms with Crippen molar-refractivity contribution in [2.24, 2.45) is 10.2 Å². The molecule has 0 aliphatic carbocycles. The number of halogens is 1. The second kappa shape index (κ2) is 6.42. The van der Waals surface area contributed by atoms with Gasteiger partial charge >= 0.3 is 0 Å². The van der Waals surface area contributed by atoms with Crippen LogP contribution in [-0.4, -0.2) is 10.2 Å². The molecule has 0 saturated heterocycles. The number of hydrogen-bond donors (Lipinski definition) is 2. The van der Waals surface area contributed by atoms with Crippen molar-refractivity contribution in [1.29, 1.82) is 5.26 Å². The number of azo groups is 1. The van der Waals surface area contributed by atoms with Crippen LogP contribution < -0.4 is 5.56 Å². The molecule has 23 heavy (non-hydrogen) atoms. The van der Waals surface area contributed by atoms with Crippen LogP contribution in [0.3, 0.4) is 0 Å². The Balaban J connectivity index is 1.95. The summed E-state index contributed by atoms with van der Waals surface area (Å²) in [5, 5.41) is 22.2. The van der Waals surface area contributed by atoms with Gasteiger partial charge in [-0.3, -0.25) is 15.0 Å². The molecule has 0 radical (unpaired) electrons. The van der Waals surface area contributed by atoms with Crippen LogP contribution in [0.5, 0.6) is 0 Å². The lowest BCUT2D eigenvalue weighted by Crippen LogP contribution is -1.96. The Morgan fingerprint density at radius 3 is 2.30 bits per heavy atom. The van der Waals surface area contributed by atoms with E-state index < -0.39 is 0 Å². The molecular formula is C16H10BrN5O. The van der Waals surface area contributed by atoms with Gasteiger partial charge in [-0.25, -0.2) is 0 Å². The van der Waals surface area contributed by atoms with Gasteiger partial charge in [0.25, 0.3) is 5.56 Å². The van der Waals surface area contributed by atoms with Gasteiger partial charge in [0.15, 0.2) is 5.69 Å². The van der Waals surface area contributed by atoms with Crippen LogP contribution in [0.25, 0.3) is 11.3 Å². The van der Waals surface area contributed by atoms with Crippen molar-refractivity contribution in [3.05, 3.63) is 68.9 Å². The Hall–Kier alpha value is -2.98. The highest BCUT2D eigenvalue weighted by molar-refractivity contribution is 9.10. The number of H-pyrrole nitrogens is 2. The van der Waals surface area contributed by atoms with Crippen LogP contribution in [0.15, 0.2) is 68.0 Å². The van der Waals surface area contributed by atoms with Crippen LogP contribution >= 0.6 is 15.9 Å². The smallest absolute Gasteiger partial charge is 0.292 e. The van der Waals surface area contributed by atoms with Crippen LogP contribution in [0.4, 0.5) is 11.4 Å². The fourth-order valence-corrected chi connectivity index (χ4v) is 2.25. The summed E-state index contributed by atoms with van der Waals surface area (Å²) >= 11 is 3.37. The van der Waals surface area contributed by atoms with Crippen molar-refractivity contribution in [2.45, 2.75) is 0 Å². The summed E-state index contributed by atoms with van der Waals surface area (Å²) in [7, 11) is 0. The van der Waals surface area contributed by atoms with Gasteiger partial charge in [-0.15, -0.1) is 5.11 Å². The van der Waals surface area contributed by atoms with Crippen molar-refractivity contribution in [2.75, 3.05) is 0 Å². The maximum atomic E-state index is 11.9. The van der Waals surface area contributed by atoms with Gasteiger partial charge in [0.2, 0.25) is 0 Å². The molecule has 2 aromatic carbocycles. The van der Waals surface area contributed by atoms with E-state index in [0.29, 0.717) is 16.9 Å². The highest BCUT2D eigenvalue weighted by Crippen LogP contribution is 2.27. The number of benzene rings is 2. The molecule has 0 saturated carbocycles. The van der Waals surface area contributed by atoms with E-state index in [9.17, 15) is 4.79 Å². The molecule has 2 N–H and O–H groups in total. The molecule has 0 atom stereocenters. The number of aromatic nitrogens is 2. The summed E-state index contributed by atoms with van der Waals surface area (Å²) in [4.78, 5) is 11.9. The zero-order valence-corrected chi connectivity index (χ0v) is 13.3. The molecule has 0 unspecified atom stereocenters. The summed E-state index contributed by atoms with van der Waals surface area (Å²) in [6.07, 6.45) is 0. The van der Waals surface area contributed by atoms with E-state index in [2.05, 4.69) is 36.4 Å². The van der Waals surface area contributed by atoms with Crippen LogP contribution in [0, 0.1) is 11.3 Å². The predicted octanol–water partition coefficient (Wildman–Crippen LogP) is 4.42. The highest BCUT2D eigenvalue weighted by atomic mass is 79.9. The first kappa shape index (κ1) is 14.9. The number of nitrogens with zero attached hydrogens (tertiary/aromatic N) is 3. The first-order valence-electron chi connectivity index (χ1n) is 6.66. The minimum absolute atomic E-state index is 0.205. The molecule has 6 nitrogen and oxygen atoms in total. The summed E-state index contributed by atoms with van der Waals surface area (Å²) < 4.78 is 0.944.